The lowest BCUT2D eigenvalue weighted by Crippen LogP contribution is -2.42. The summed E-state index contributed by atoms with van der Waals surface area (Å²) in [4.78, 5) is 18.6. The minimum atomic E-state index is -0.156. The van der Waals surface area contributed by atoms with Gasteiger partial charge in [-0.15, -0.1) is 0 Å². The van der Waals surface area contributed by atoms with Gasteiger partial charge in [-0.3, -0.25) is 9.88 Å². The number of likely N-dealkylation sites (tertiary alicyclic amines) is 1. The third kappa shape index (κ3) is 7.00. The SMILES string of the molecule is CNC(=O)NCC1CCCN1Cc1c(OCc2cncc(C#N)c2)cc(OCc2cccc(-c3ccccc3)c2C)c2c1CCC2. The van der Waals surface area contributed by atoms with Crippen molar-refractivity contribution in [3.63, 3.8) is 0 Å². The number of pyridine rings is 1. The summed E-state index contributed by atoms with van der Waals surface area (Å²) in [6.45, 7) is 5.24. The van der Waals surface area contributed by atoms with E-state index in [1.807, 2.05) is 12.1 Å². The Hall–Kier alpha value is -4.87. The molecule has 8 heteroatoms. The second-order valence-electron chi connectivity index (χ2n) is 12.1. The van der Waals surface area contributed by atoms with Crippen molar-refractivity contribution < 1.29 is 14.3 Å². The summed E-state index contributed by atoms with van der Waals surface area (Å²) < 4.78 is 13.2. The van der Waals surface area contributed by atoms with Crippen LogP contribution >= 0.6 is 0 Å². The molecule has 6 rings (SSSR count). The Morgan fingerprint density at radius 3 is 2.65 bits per heavy atom. The minimum absolute atomic E-state index is 0.156. The average molecular weight is 616 g/mol. The van der Waals surface area contributed by atoms with Crippen molar-refractivity contribution in [1.82, 2.24) is 20.5 Å². The second-order valence-corrected chi connectivity index (χ2v) is 12.1. The largest absolute Gasteiger partial charge is 0.488 e. The van der Waals surface area contributed by atoms with Crippen LogP contribution < -0.4 is 20.1 Å². The molecular weight excluding hydrogens is 574 g/mol. The molecule has 0 radical (unpaired) electrons. The molecule has 46 heavy (non-hydrogen) atoms. The lowest BCUT2D eigenvalue weighted by atomic mass is 9.97. The van der Waals surface area contributed by atoms with E-state index in [1.54, 1.807) is 19.4 Å². The van der Waals surface area contributed by atoms with Crippen LogP contribution in [0.5, 0.6) is 11.5 Å². The lowest BCUT2D eigenvalue weighted by Gasteiger charge is -2.28. The minimum Gasteiger partial charge on any atom is -0.488 e. The van der Waals surface area contributed by atoms with Gasteiger partial charge in [0.05, 0.1) is 5.56 Å². The smallest absolute Gasteiger partial charge is 0.314 e. The number of rotatable bonds is 11. The van der Waals surface area contributed by atoms with Gasteiger partial charge in [0, 0.05) is 55.8 Å². The number of hydrogen-bond acceptors (Lipinski definition) is 6. The molecule has 1 aromatic heterocycles. The molecular formula is C38H41N5O3. The monoisotopic (exact) mass is 615 g/mol. The first-order valence-corrected chi connectivity index (χ1v) is 16.1. The van der Waals surface area contributed by atoms with Crippen molar-refractivity contribution in [1.29, 1.82) is 5.26 Å². The van der Waals surface area contributed by atoms with Crippen molar-refractivity contribution in [2.75, 3.05) is 20.1 Å². The Morgan fingerprint density at radius 2 is 1.83 bits per heavy atom. The first-order valence-electron chi connectivity index (χ1n) is 16.1. The van der Waals surface area contributed by atoms with E-state index in [1.165, 1.54) is 33.4 Å². The normalized spacial score (nSPS) is 15.6. The number of hydrogen-bond donors (Lipinski definition) is 2. The molecule has 2 amide bonds. The highest BCUT2D eigenvalue weighted by Crippen LogP contribution is 2.41. The molecule has 4 aromatic rings. The molecule has 236 valence electrons. The highest BCUT2D eigenvalue weighted by Gasteiger charge is 2.30. The predicted octanol–water partition coefficient (Wildman–Crippen LogP) is 6.47. The van der Waals surface area contributed by atoms with Gasteiger partial charge in [0.1, 0.15) is 30.8 Å². The summed E-state index contributed by atoms with van der Waals surface area (Å²) in [6, 6.07) is 23.0. The van der Waals surface area contributed by atoms with Gasteiger partial charge in [-0.05, 0) is 85.0 Å². The molecule has 1 atom stereocenters. The third-order valence-corrected chi connectivity index (χ3v) is 9.26. The Bertz CT molecular complexity index is 1730. The molecule has 2 heterocycles. The maximum absolute atomic E-state index is 11.9. The first kappa shape index (κ1) is 31.1. The molecule has 0 bridgehead atoms. The van der Waals surface area contributed by atoms with Gasteiger partial charge in [-0.2, -0.15) is 5.26 Å². The number of benzene rings is 3. The van der Waals surface area contributed by atoms with Gasteiger partial charge >= 0.3 is 6.03 Å². The maximum atomic E-state index is 11.9. The number of fused-ring (bicyclic) bond motifs is 1. The maximum Gasteiger partial charge on any atom is 0.314 e. The van der Waals surface area contributed by atoms with Gasteiger partial charge < -0.3 is 20.1 Å². The van der Waals surface area contributed by atoms with Crippen LogP contribution in [0.4, 0.5) is 4.79 Å². The van der Waals surface area contributed by atoms with Gasteiger partial charge in [0.2, 0.25) is 0 Å². The fourth-order valence-electron chi connectivity index (χ4n) is 6.77. The Kier molecular flexibility index (Phi) is 9.80. The van der Waals surface area contributed by atoms with Crippen LogP contribution in [0.3, 0.4) is 0 Å². The third-order valence-electron chi connectivity index (χ3n) is 9.26. The number of nitriles is 1. The van der Waals surface area contributed by atoms with Crippen molar-refractivity contribution >= 4 is 6.03 Å². The summed E-state index contributed by atoms with van der Waals surface area (Å²) in [5.41, 5.74) is 9.91. The molecule has 0 spiro atoms. The van der Waals surface area contributed by atoms with Crippen LogP contribution in [0, 0.1) is 18.3 Å². The van der Waals surface area contributed by atoms with Gasteiger partial charge in [0.15, 0.2) is 0 Å². The van der Waals surface area contributed by atoms with Gasteiger partial charge in [-0.1, -0.05) is 48.5 Å². The number of carbonyl (C=O) groups excluding carboxylic acids is 1. The number of ether oxygens (including phenoxy) is 2. The van der Waals surface area contributed by atoms with E-state index in [4.69, 9.17) is 9.47 Å². The lowest BCUT2D eigenvalue weighted by molar-refractivity contribution is 0.219. The van der Waals surface area contributed by atoms with Crippen LogP contribution in [0.15, 0.2) is 73.1 Å². The summed E-state index contributed by atoms with van der Waals surface area (Å²) in [5, 5.41) is 15.0. The molecule has 3 aromatic carbocycles. The Balaban J connectivity index is 1.29. The van der Waals surface area contributed by atoms with E-state index >= 15 is 0 Å². The van der Waals surface area contributed by atoms with Crippen molar-refractivity contribution in [2.45, 2.75) is 64.8 Å². The Morgan fingerprint density at radius 1 is 1.00 bits per heavy atom. The molecule has 1 unspecified atom stereocenters. The fraction of sp³-hybridized carbons (Fsp3) is 0.342. The summed E-state index contributed by atoms with van der Waals surface area (Å²) in [6.07, 6.45) is 8.45. The van der Waals surface area contributed by atoms with E-state index in [2.05, 4.69) is 82.0 Å². The number of nitrogens with zero attached hydrogens (tertiary/aromatic N) is 3. The van der Waals surface area contributed by atoms with E-state index < -0.39 is 0 Å². The standard InChI is InChI=1S/C38H41N5O3/c1-26-30(11-6-13-32(26)29-9-4-3-5-10-29)25-46-36-18-37(45-24-28-17-27(19-39)20-41-21-28)35(33-14-7-15-34(33)36)23-43-16-8-12-31(43)22-42-38(44)40-2/h3-6,9-11,13,17-18,20-21,31H,7-8,12,14-16,22-25H2,1-2H3,(H2,40,42,44). The average Bonchev–Trinajstić information content (AvgIpc) is 3.77. The van der Waals surface area contributed by atoms with E-state index in [0.29, 0.717) is 25.3 Å². The van der Waals surface area contributed by atoms with E-state index in [-0.39, 0.29) is 12.1 Å². The summed E-state index contributed by atoms with van der Waals surface area (Å²) in [7, 11) is 1.64. The molecule has 1 saturated heterocycles. The van der Waals surface area contributed by atoms with Gasteiger partial charge in [0.25, 0.3) is 0 Å². The predicted molar refractivity (Wildman–Crippen MR) is 179 cm³/mol. The number of carbonyl (C=O) groups is 1. The van der Waals surface area contributed by atoms with Crippen molar-refractivity contribution in [2.24, 2.45) is 0 Å². The number of amides is 2. The molecule has 0 saturated carbocycles. The van der Waals surface area contributed by atoms with Crippen LogP contribution in [0.25, 0.3) is 11.1 Å². The van der Waals surface area contributed by atoms with Crippen molar-refractivity contribution in [3.05, 3.63) is 112 Å². The highest BCUT2D eigenvalue weighted by molar-refractivity contribution is 5.73. The van der Waals surface area contributed by atoms with E-state index in [9.17, 15) is 10.1 Å². The molecule has 1 aliphatic carbocycles. The number of urea groups is 1. The molecule has 1 fully saturated rings. The Labute approximate surface area is 271 Å². The summed E-state index contributed by atoms with van der Waals surface area (Å²) in [5.74, 6) is 1.68. The fourth-order valence-corrected chi connectivity index (χ4v) is 6.77. The van der Waals surface area contributed by atoms with Crippen LogP contribution in [-0.4, -0.2) is 42.1 Å². The number of aromatic nitrogens is 1. The quantitative estimate of drug-likeness (QED) is 0.201. The zero-order valence-corrected chi connectivity index (χ0v) is 26.6. The number of nitrogens with one attached hydrogen (secondary N) is 2. The highest BCUT2D eigenvalue weighted by atomic mass is 16.5. The topological polar surface area (TPSA) is 99.5 Å². The molecule has 8 nitrogen and oxygen atoms in total. The first-order chi connectivity index (χ1) is 22.5. The van der Waals surface area contributed by atoms with Crippen molar-refractivity contribution in [3.8, 4) is 28.7 Å². The molecule has 2 aliphatic rings. The molecule has 2 N–H and O–H groups in total. The van der Waals surface area contributed by atoms with Crippen LogP contribution in [0.2, 0.25) is 0 Å². The summed E-state index contributed by atoms with van der Waals surface area (Å²) >= 11 is 0. The molecule has 1 aliphatic heterocycles. The van der Waals surface area contributed by atoms with Crippen LogP contribution in [-0.2, 0) is 32.6 Å². The van der Waals surface area contributed by atoms with Gasteiger partial charge in [-0.25, -0.2) is 4.79 Å². The zero-order valence-electron chi connectivity index (χ0n) is 26.6. The van der Waals surface area contributed by atoms with E-state index in [0.717, 1.165) is 67.8 Å². The van der Waals surface area contributed by atoms with Crippen LogP contribution in [0.1, 0.15) is 58.2 Å². The second kappa shape index (κ2) is 14.5. The zero-order chi connectivity index (χ0) is 31.9.